The maximum absolute atomic E-state index is 11.6. The van der Waals surface area contributed by atoms with Crippen LogP contribution in [0.5, 0.6) is 0 Å². The topological polar surface area (TPSA) is 84.2 Å². The molecule has 0 aliphatic rings. The standard InChI is InChI=1S/C9H19N3O2/c1-4-9(2,6-10)8(14)12-5-7(13)11-3/h4-6,10H2,1-3H3,(H,11,13)(H,12,14). The van der Waals surface area contributed by atoms with Crippen LogP contribution in [0, 0.1) is 5.41 Å². The van der Waals surface area contributed by atoms with Crippen LogP contribution in [0.25, 0.3) is 0 Å². The number of hydrogen-bond donors (Lipinski definition) is 3. The predicted octanol–water partition coefficient (Wildman–Crippen LogP) is -0.776. The first kappa shape index (κ1) is 12.9. The van der Waals surface area contributed by atoms with Gasteiger partial charge in [-0.25, -0.2) is 0 Å². The Balaban J connectivity index is 4.13. The van der Waals surface area contributed by atoms with Crippen LogP contribution in [0.4, 0.5) is 0 Å². The van der Waals surface area contributed by atoms with Crippen molar-refractivity contribution in [3.63, 3.8) is 0 Å². The predicted molar refractivity (Wildman–Crippen MR) is 54.5 cm³/mol. The molecule has 1 unspecified atom stereocenters. The molecule has 5 nitrogen and oxygen atoms in total. The highest BCUT2D eigenvalue weighted by molar-refractivity contribution is 5.87. The highest BCUT2D eigenvalue weighted by atomic mass is 16.2. The lowest BCUT2D eigenvalue weighted by Crippen LogP contribution is -2.46. The maximum Gasteiger partial charge on any atom is 0.239 e. The molecule has 0 aromatic carbocycles. The van der Waals surface area contributed by atoms with Gasteiger partial charge in [0.05, 0.1) is 12.0 Å². The van der Waals surface area contributed by atoms with Crippen molar-refractivity contribution in [2.45, 2.75) is 20.3 Å². The summed E-state index contributed by atoms with van der Waals surface area (Å²) in [5, 5.41) is 4.97. The molecule has 0 spiro atoms. The summed E-state index contributed by atoms with van der Waals surface area (Å²) in [5.74, 6) is -0.389. The lowest BCUT2D eigenvalue weighted by Gasteiger charge is -2.24. The van der Waals surface area contributed by atoms with Gasteiger partial charge >= 0.3 is 0 Å². The Morgan fingerprint density at radius 2 is 2.00 bits per heavy atom. The fraction of sp³-hybridized carbons (Fsp3) is 0.778. The first-order valence-electron chi connectivity index (χ1n) is 4.69. The quantitative estimate of drug-likeness (QED) is 0.546. The third kappa shape index (κ3) is 3.33. The monoisotopic (exact) mass is 201 g/mol. The van der Waals surface area contributed by atoms with Gasteiger partial charge in [0, 0.05) is 13.6 Å². The molecular weight excluding hydrogens is 182 g/mol. The molecule has 0 saturated carbocycles. The Hall–Kier alpha value is -1.10. The zero-order valence-electron chi connectivity index (χ0n) is 9.02. The summed E-state index contributed by atoms with van der Waals surface area (Å²) < 4.78 is 0. The van der Waals surface area contributed by atoms with Crippen molar-refractivity contribution in [3.8, 4) is 0 Å². The molecule has 1 atom stereocenters. The SMILES string of the molecule is CCC(C)(CN)C(=O)NCC(=O)NC. The van der Waals surface area contributed by atoms with Crippen molar-refractivity contribution in [1.29, 1.82) is 0 Å². The van der Waals surface area contributed by atoms with Gasteiger partial charge in [-0.1, -0.05) is 6.92 Å². The number of hydrogen-bond acceptors (Lipinski definition) is 3. The number of nitrogens with one attached hydrogen (secondary N) is 2. The molecule has 0 aromatic rings. The van der Waals surface area contributed by atoms with Crippen LogP contribution >= 0.6 is 0 Å². The molecule has 0 radical (unpaired) electrons. The van der Waals surface area contributed by atoms with Crippen LogP contribution in [-0.2, 0) is 9.59 Å². The lowest BCUT2D eigenvalue weighted by atomic mass is 9.87. The first-order valence-corrected chi connectivity index (χ1v) is 4.69. The largest absolute Gasteiger partial charge is 0.358 e. The molecule has 82 valence electrons. The van der Waals surface area contributed by atoms with Crippen LogP contribution in [0.15, 0.2) is 0 Å². The summed E-state index contributed by atoms with van der Waals surface area (Å²) in [6.45, 7) is 3.96. The van der Waals surface area contributed by atoms with Crippen molar-refractivity contribution in [2.75, 3.05) is 20.1 Å². The van der Waals surface area contributed by atoms with Gasteiger partial charge in [0.2, 0.25) is 11.8 Å². The van der Waals surface area contributed by atoms with Gasteiger partial charge in [-0.05, 0) is 13.3 Å². The van der Waals surface area contributed by atoms with E-state index in [4.69, 9.17) is 5.73 Å². The molecule has 0 heterocycles. The molecular formula is C9H19N3O2. The van der Waals surface area contributed by atoms with E-state index in [1.807, 2.05) is 6.92 Å². The zero-order chi connectivity index (χ0) is 11.2. The van der Waals surface area contributed by atoms with E-state index in [0.29, 0.717) is 6.42 Å². The molecule has 0 fully saturated rings. The minimum atomic E-state index is -0.575. The van der Waals surface area contributed by atoms with Gasteiger partial charge < -0.3 is 16.4 Å². The molecule has 0 aliphatic heterocycles. The minimum absolute atomic E-state index is 0.00488. The van der Waals surface area contributed by atoms with Crippen LogP contribution in [-0.4, -0.2) is 32.0 Å². The van der Waals surface area contributed by atoms with E-state index in [1.165, 1.54) is 7.05 Å². The fourth-order valence-electron chi connectivity index (χ4n) is 0.860. The van der Waals surface area contributed by atoms with E-state index >= 15 is 0 Å². The Bertz CT molecular complexity index is 212. The van der Waals surface area contributed by atoms with Crippen molar-refractivity contribution >= 4 is 11.8 Å². The Kier molecular flexibility index (Phi) is 5.15. The van der Waals surface area contributed by atoms with Gasteiger partial charge in [0.15, 0.2) is 0 Å². The van der Waals surface area contributed by atoms with E-state index < -0.39 is 5.41 Å². The normalized spacial score (nSPS) is 14.3. The van der Waals surface area contributed by atoms with Gasteiger partial charge in [-0.3, -0.25) is 9.59 Å². The Morgan fingerprint density at radius 3 is 2.36 bits per heavy atom. The average Bonchev–Trinajstić information content (AvgIpc) is 2.23. The molecule has 4 N–H and O–H groups in total. The maximum atomic E-state index is 11.6. The summed E-state index contributed by atoms with van der Waals surface area (Å²) in [6.07, 6.45) is 0.656. The summed E-state index contributed by atoms with van der Waals surface area (Å²) in [6, 6.07) is 0. The zero-order valence-corrected chi connectivity index (χ0v) is 9.02. The number of rotatable bonds is 5. The molecule has 0 aliphatic carbocycles. The van der Waals surface area contributed by atoms with Crippen LogP contribution in [0.1, 0.15) is 20.3 Å². The van der Waals surface area contributed by atoms with Crippen molar-refractivity contribution in [2.24, 2.45) is 11.1 Å². The summed E-state index contributed by atoms with van der Waals surface area (Å²) in [4.78, 5) is 22.4. The van der Waals surface area contributed by atoms with Gasteiger partial charge in [0.1, 0.15) is 0 Å². The number of carbonyl (C=O) groups is 2. The Labute approximate surface area is 84.4 Å². The highest BCUT2D eigenvalue weighted by Crippen LogP contribution is 2.18. The van der Waals surface area contributed by atoms with Gasteiger partial charge in [-0.2, -0.15) is 0 Å². The second-order valence-corrected chi connectivity index (χ2v) is 3.47. The van der Waals surface area contributed by atoms with Crippen molar-refractivity contribution in [3.05, 3.63) is 0 Å². The third-order valence-corrected chi connectivity index (χ3v) is 2.47. The number of carbonyl (C=O) groups excluding carboxylic acids is 2. The minimum Gasteiger partial charge on any atom is -0.358 e. The van der Waals surface area contributed by atoms with Crippen molar-refractivity contribution < 1.29 is 9.59 Å². The number of amides is 2. The van der Waals surface area contributed by atoms with Gasteiger partial charge in [-0.15, -0.1) is 0 Å². The van der Waals surface area contributed by atoms with Crippen molar-refractivity contribution in [1.82, 2.24) is 10.6 Å². The first-order chi connectivity index (χ1) is 6.50. The van der Waals surface area contributed by atoms with E-state index in [1.54, 1.807) is 6.92 Å². The van der Waals surface area contributed by atoms with Crippen LogP contribution in [0.2, 0.25) is 0 Å². The second kappa shape index (κ2) is 5.59. The summed E-state index contributed by atoms with van der Waals surface area (Å²) in [5.41, 5.74) is 4.92. The summed E-state index contributed by atoms with van der Waals surface area (Å²) >= 11 is 0. The van der Waals surface area contributed by atoms with E-state index in [2.05, 4.69) is 10.6 Å². The highest BCUT2D eigenvalue weighted by Gasteiger charge is 2.29. The lowest BCUT2D eigenvalue weighted by molar-refractivity contribution is -0.132. The molecule has 2 amide bonds. The smallest absolute Gasteiger partial charge is 0.239 e. The van der Waals surface area contributed by atoms with Crippen LogP contribution in [0.3, 0.4) is 0 Å². The van der Waals surface area contributed by atoms with E-state index in [9.17, 15) is 9.59 Å². The second-order valence-electron chi connectivity index (χ2n) is 3.47. The number of likely N-dealkylation sites (N-methyl/N-ethyl adjacent to an activating group) is 1. The van der Waals surface area contributed by atoms with E-state index in [0.717, 1.165) is 0 Å². The number of nitrogens with two attached hydrogens (primary N) is 1. The summed E-state index contributed by atoms with van der Waals surface area (Å²) in [7, 11) is 1.52. The molecule has 0 saturated heterocycles. The third-order valence-electron chi connectivity index (χ3n) is 2.47. The van der Waals surface area contributed by atoms with Gasteiger partial charge in [0.25, 0.3) is 0 Å². The van der Waals surface area contributed by atoms with Crippen LogP contribution < -0.4 is 16.4 Å². The van der Waals surface area contributed by atoms with E-state index in [-0.39, 0.29) is 24.9 Å². The molecule has 14 heavy (non-hydrogen) atoms. The average molecular weight is 201 g/mol. The molecule has 0 aromatic heterocycles. The molecule has 0 bridgehead atoms. The molecule has 0 rings (SSSR count). The molecule has 5 heteroatoms. The Morgan fingerprint density at radius 1 is 1.43 bits per heavy atom. The fourth-order valence-corrected chi connectivity index (χ4v) is 0.860.